The predicted molar refractivity (Wildman–Crippen MR) is 107 cm³/mol. The Labute approximate surface area is 162 Å². The lowest BCUT2D eigenvalue weighted by Gasteiger charge is -2.35. The van der Waals surface area contributed by atoms with Crippen LogP contribution < -0.4 is 5.73 Å². The number of hydrogen-bond donors (Lipinski definition) is 1. The molecule has 5 heteroatoms. The van der Waals surface area contributed by atoms with E-state index in [9.17, 15) is 9.59 Å². The highest BCUT2D eigenvalue weighted by molar-refractivity contribution is 5.81. The third-order valence-corrected chi connectivity index (χ3v) is 6.20. The zero-order valence-electron chi connectivity index (χ0n) is 16.5. The fourth-order valence-corrected chi connectivity index (χ4v) is 4.29. The third-order valence-electron chi connectivity index (χ3n) is 6.20. The monoisotopic (exact) mass is 371 g/mol. The quantitative estimate of drug-likeness (QED) is 0.835. The Bertz CT molecular complexity index is 635. The summed E-state index contributed by atoms with van der Waals surface area (Å²) in [6.07, 6.45) is 6.40. The topological polar surface area (TPSA) is 66.6 Å². The maximum atomic E-state index is 12.6. The average Bonchev–Trinajstić information content (AvgIpc) is 2.68. The molecule has 0 aliphatic carbocycles. The smallest absolute Gasteiger partial charge is 0.236 e. The molecule has 0 bridgehead atoms. The second kappa shape index (κ2) is 9.36. The van der Waals surface area contributed by atoms with Crippen molar-refractivity contribution in [1.29, 1.82) is 0 Å². The largest absolute Gasteiger partial charge is 0.369 e. The number of piperidine rings is 2. The van der Waals surface area contributed by atoms with Crippen molar-refractivity contribution >= 4 is 11.8 Å². The van der Waals surface area contributed by atoms with Crippen molar-refractivity contribution in [3.8, 4) is 0 Å². The minimum absolute atomic E-state index is 0.152. The molecule has 0 radical (unpaired) electrons. The summed E-state index contributed by atoms with van der Waals surface area (Å²) >= 11 is 0. The van der Waals surface area contributed by atoms with Crippen LogP contribution in [0.5, 0.6) is 0 Å². The van der Waals surface area contributed by atoms with Gasteiger partial charge in [-0.3, -0.25) is 14.5 Å². The first-order valence-corrected chi connectivity index (χ1v) is 10.4. The normalized spacial score (nSPS) is 22.0. The fourth-order valence-electron chi connectivity index (χ4n) is 4.29. The number of primary amides is 1. The van der Waals surface area contributed by atoms with Crippen LogP contribution in [0.15, 0.2) is 24.3 Å². The molecule has 2 saturated heterocycles. The van der Waals surface area contributed by atoms with Crippen molar-refractivity contribution in [1.82, 2.24) is 9.80 Å². The Morgan fingerprint density at radius 3 is 2.44 bits per heavy atom. The highest BCUT2D eigenvalue weighted by Gasteiger charge is 2.28. The van der Waals surface area contributed by atoms with Gasteiger partial charge in [-0.05, 0) is 70.0 Å². The number of aryl methyl sites for hydroxylation is 2. The lowest BCUT2D eigenvalue weighted by atomic mass is 9.90. The van der Waals surface area contributed by atoms with E-state index in [1.165, 1.54) is 30.4 Å². The molecule has 1 aromatic rings. The Hall–Kier alpha value is -1.88. The van der Waals surface area contributed by atoms with Gasteiger partial charge in [0, 0.05) is 13.1 Å². The summed E-state index contributed by atoms with van der Waals surface area (Å²) in [6, 6.07) is 8.85. The van der Waals surface area contributed by atoms with E-state index in [4.69, 9.17) is 5.73 Å². The summed E-state index contributed by atoms with van der Waals surface area (Å²) in [5.41, 5.74) is 8.16. The number of carbonyl (C=O) groups is 2. The zero-order valence-corrected chi connectivity index (χ0v) is 16.5. The van der Waals surface area contributed by atoms with Gasteiger partial charge in [0.1, 0.15) is 0 Å². The number of likely N-dealkylation sites (tertiary alicyclic amines) is 2. The molecule has 3 rings (SSSR count). The van der Waals surface area contributed by atoms with E-state index in [1.807, 2.05) is 4.90 Å². The Morgan fingerprint density at radius 1 is 1.07 bits per heavy atom. The Kier molecular flexibility index (Phi) is 6.89. The second-order valence-electron chi connectivity index (χ2n) is 8.33. The summed E-state index contributed by atoms with van der Waals surface area (Å²) < 4.78 is 0. The van der Waals surface area contributed by atoms with Crippen molar-refractivity contribution in [2.24, 2.45) is 17.6 Å². The summed E-state index contributed by atoms with van der Waals surface area (Å²) in [4.78, 5) is 28.1. The highest BCUT2D eigenvalue weighted by Crippen LogP contribution is 2.23. The van der Waals surface area contributed by atoms with Crippen LogP contribution in [-0.4, -0.2) is 54.3 Å². The van der Waals surface area contributed by atoms with E-state index < -0.39 is 0 Å². The van der Waals surface area contributed by atoms with Gasteiger partial charge in [-0.15, -0.1) is 0 Å². The molecule has 27 heavy (non-hydrogen) atoms. The molecule has 2 aliphatic heterocycles. The number of nitrogens with two attached hydrogens (primary N) is 1. The lowest BCUT2D eigenvalue weighted by molar-refractivity contribution is -0.136. The summed E-state index contributed by atoms with van der Waals surface area (Å²) in [5.74, 6) is 0.461. The minimum Gasteiger partial charge on any atom is -0.369 e. The van der Waals surface area contributed by atoms with E-state index in [0.29, 0.717) is 13.1 Å². The van der Waals surface area contributed by atoms with Crippen LogP contribution in [0, 0.1) is 18.8 Å². The molecule has 1 atom stereocenters. The first-order chi connectivity index (χ1) is 13.0. The molecule has 5 nitrogen and oxygen atoms in total. The molecule has 0 spiro atoms. The average molecular weight is 372 g/mol. The molecule has 148 valence electrons. The Morgan fingerprint density at radius 2 is 1.78 bits per heavy atom. The fraction of sp³-hybridized carbons (Fsp3) is 0.636. The van der Waals surface area contributed by atoms with E-state index in [1.54, 1.807) is 0 Å². The molecule has 2 heterocycles. The van der Waals surface area contributed by atoms with Crippen LogP contribution in [0.25, 0.3) is 0 Å². The van der Waals surface area contributed by atoms with E-state index in [0.717, 1.165) is 44.8 Å². The number of hydrogen-bond acceptors (Lipinski definition) is 3. The number of carbonyl (C=O) groups excluding carboxylic acids is 2. The van der Waals surface area contributed by atoms with Gasteiger partial charge in [0.25, 0.3) is 0 Å². The van der Waals surface area contributed by atoms with Gasteiger partial charge >= 0.3 is 0 Å². The maximum absolute atomic E-state index is 12.6. The van der Waals surface area contributed by atoms with Gasteiger partial charge in [-0.1, -0.05) is 29.8 Å². The van der Waals surface area contributed by atoms with Gasteiger partial charge in [-0.2, -0.15) is 0 Å². The predicted octanol–water partition coefficient (Wildman–Crippen LogP) is 2.36. The molecular weight excluding hydrogens is 338 g/mol. The van der Waals surface area contributed by atoms with Crippen LogP contribution in [-0.2, 0) is 16.0 Å². The van der Waals surface area contributed by atoms with E-state index >= 15 is 0 Å². The van der Waals surface area contributed by atoms with Gasteiger partial charge in [0.2, 0.25) is 11.8 Å². The number of rotatable bonds is 6. The molecule has 2 N–H and O–H groups in total. The lowest BCUT2D eigenvalue weighted by Crippen LogP contribution is -2.48. The van der Waals surface area contributed by atoms with Crippen molar-refractivity contribution < 1.29 is 9.59 Å². The van der Waals surface area contributed by atoms with Crippen LogP contribution >= 0.6 is 0 Å². The Balaban J connectivity index is 1.38. The number of amides is 2. The molecule has 2 amide bonds. The molecule has 0 aromatic heterocycles. The van der Waals surface area contributed by atoms with Crippen LogP contribution in [0.2, 0.25) is 0 Å². The number of nitrogens with zero attached hydrogens (tertiary/aromatic N) is 2. The van der Waals surface area contributed by atoms with Gasteiger partial charge in [0.15, 0.2) is 0 Å². The molecule has 2 fully saturated rings. The zero-order chi connectivity index (χ0) is 19.2. The van der Waals surface area contributed by atoms with E-state index in [2.05, 4.69) is 36.1 Å². The summed E-state index contributed by atoms with van der Waals surface area (Å²) in [5, 5.41) is 0. The van der Waals surface area contributed by atoms with Crippen molar-refractivity contribution in [2.45, 2.75) is 45.4 Å². The first-order valence-electron chi connectivity index (χ1n) is 10.4. The van der Waals surface area contributed by atoms with Crippen LogP contribution in [0.4, 0.5) is 0 Å². The van der Waals surface area contributed by atoms with Gasteiger partial charge in [0.05, 0.1) is 12.5 Å². The summed E-state index contributed by atoms with van der Waals surface area (Å²) in [7, 11) is 0. The second-order valence-corrected chi connectivity index (χ2v) is 8.33. The SMILES string of the molecule is Cc1ccc(CCC2CCN(CC(=O)N3CCCC(C(N)=O)C3)CC2)cc1. The molecule has 2 aliphatic rings. The van der Waals surface area contributed by atoms with Gasteiger partial charge in [-0.25, -0.2) is 0 Å². The maximum Gasteiger partial charge on any atom is 0.236 e. The molecule has 0 saturated carbocycles. The third kappa shape index (κ3) is 5.80. The van der Waals surface area contributed by atoms with Crippen LogP contribution in [0.1, 0.15) is 43.2 Å². The minimum atomic E-state index is -0.276. The number of benzene rings is 1. The van der Waals surface area contributed by atoms with Crippen LogP contribution in [0.3, 0.4) is 0 Å². The highest BCUT2D eigenvalue weighted by atomic mass is 16.2. The molecule has 1 aromatic carbocycles. The van der Waals surface area contributed by atoms with Crippen molar-refractivity contribution in [2.75, 3.05) is 32.7 Å². The summed E-state index contributed by atoms with van der Waals surface area (Å²) in [6.45, 7) is 5.86. The molecule has 1 unspecified atom stereocenters. The van der Waals surface area contributed by atoms with E-state index in [-0.39, 0.29) is 17.7 Å². The van der Waals surface area contributed by atoms with Gasteiger partial charge < -0.3 is 10.6 Å². The standard InChI is InChI=1S/C22H33N3O2/c1-17-4-6-18(7-5-17)8-9-19-10-13-24(14-11-19)16-21(26)25-12-2-3-20(15-25)22(23)27/h4-7,19-20H,2-3,8-16H2,1H3,(H2,23,27). The van der Waals surface area contributed by atoms with Crippen molar-refractivity contribution in [3.63, 3.8) is 0 Å². The molecular formula is C22H33N3O2. The first kappa shape index (κ1) is 19.9. The van der Waals surface area contributed by atoms with Crippen molar-refractivity contribution in [3.05, 3.63) is 35.4 Å².